The van der Waals surface area contributed by atoms with Gasteiger partial charge in [0.05, 0.1) is 12.7 Å². The average molecular weight is 468 g/mol. The summed E-state index contributed by atoms with van der Waals surface area (Å²) in [5, 5.41) is 0. The predicted octanol–water partition coefficient (Wildman–Crippen LogP) is 5.22. The highest BCUT2D eigenvalue weighted by molar-refractivity contribution is 6.74. The molecule has 176 valence electrons. The Morgan fingerprint density at radius 3 is 2.06 bits per heavy atom. The van der Waals surface area contributed by atoms with Crippen molar-refractivity contribution >= 4 is 30.2 Å². The van der Waals surface area contributed by atoms with Gasteiger partial charge in [-0.1, -0.05) is 60.2 Å². The van der Waals surface area contributed by atoms with E-state index in [-0.39, 0.29) is 29.3 Å². The molecule has 1 amide bonds. The van der Waals surface area contributed by atoms with Gasteiger partial charge in [-0.25, -0.2) is 9.59 Å². The number of anilines is 1. The zero-order valence-electron chi connectivity index (χ0n) is 18.8. The molecule has 3 aromatic rings. The molecule has 0 saturated carbocycles. The maximum Gasteiger partial charge on any atom is 0.509 e. The van der Waals surface area contributed by atoms with E-state index in [1.54, 1.807) is 0 Å². The predicted molar refractivity (Wildman–Crippen MR) is 125 cm³/mol. The summed E-state index contributed by atoms with van der Waals surface area (Å²) in [4.78, 5) is 25.9. The van der Waals surface area contributed by atoms with Gasteiger partial charge in [0.1, 0.15) is 6.61 Å². The number of methoxy groups -OCH3 is 1. The second-order valence-electron chi connectivity index (χ2n) is 8.14. The van der Waals surface area contributed by atoms with Gasteiger partial charge in [-0.2, -0.15) is 0 Å². The number of ether oxygens (including phenoxy) is 2. The average Bonchev–Trinajstić information content (AvgIpc) is 3.14. The van der Waals surface area contributed by atoms with E-state index in [4.69, 9.17) is 4.74 Å². The van der Waals surface area contributed by atoms with Gasteiger partial charge in [0.15, 0.2) is 0 Å². The van der Waals surface area contributed by atoms with Crippen molar-refractivity contribution in [2.75, 3.05) is 25.7 Å². The molecule has 0 N–H and O–H groups in total. The summed E-state index contributed by atoms with van der Waals surface area (Å²) in [5.41, 5.74) is 2.66. The first-order chi connectivity index (χ1) is 16.1. The molecule has 0 fully saturated rings. The molecule has 0 atom stereocenters. The summed E-state index contributed by atoms with van der Waals surface area (Å²) in [5.74, 6) is -1.12. The van der Waals surface area contributed by atoms with Crippen LogP contribution in [0.2, 0.25) is 0 Å². The van der Waals surface area contributed by atoms with E-state index < -0.39 is 24.5 Å². The van der Waals surface area contributed by atoms with Crippen LogP contribution in [0.3, 0.4) is 0 Å². The minimum Gasteiger partial charge on any atom is -0.465 e. The first-order valence-corrected chi connectivity index (χ1v) is 10.6. The van der Waals surface area contributed by atoms with Crippen LogP contribution in [0.1, 0.15) is 33.0 Å². The topological polar surface area (TPSA) is 55.8 Å². The van der Waals surface area contributed by atoms with Crippen LogP contribution in [-0.2, 0) is 9.47 Å². The molecule has 5 nitrogen and oxygen atoms in total. The number of hydrogen-bond donors (Lipinski definition) is 0. The van der Waals surface area contributed by atoms with Crippen molar-refractivity contribution in [3.63, 3.8) is 0 Å². The van der Waals surface area contributed by atoms with Gasteiger partial charge in [0.25, 0.3) is 0 Å². The van der Waals surface area contributed by atoms with E-state index in [9.17, 15) is 22.5 Å². The highest BCUT2D eigenvalue weighted by Gasteiger charge is 2.32. The summed E-state index contributed by atoms with van der Waals surface area (Å²) >= 11 is 0. The van der Waals surface area contributed by atoms with Crippen LogP contribution in [0.4, 0.5) is 23.4 Å². The van der Waals surface area contributed by atoms with Gasteiger partial charge in [0.2, 0.25) is 0 Å². The molecule has 0 spiro atoms. The van der Waals surface area contributed by atoms with E-state index in [1.807, 2.05) is 48.5 Å². The number of halogens is 3. The third-order valence-electron chi connectivity index (χ3n) is 6.17. The highest BCUT2D eigenvalue weighted by Crippen LogP contribution is 2.44. The van der Waals surface area contributed by atoms with Crippen molar-refractivity contribution in [2.45, 2.75) is 12.8 Å². The molecule has 0 heterocycles. The fourth-order valence-electron chi connectivity index (χ4n) is 4.43. The quantitative estimate of drug-likeness (QED) is 0.381. The summed E-state index contributed by atoms with van der Waals surface area (Å²) in [6.45, 7) is -4.15. The Balaban J connectivity index is 1.61. The Bertz CT molecular complexity index is 1230. The molecule has 3 aromatic carbocycles. The van der Waals surface area contributed by atoms with Crippen LogP contribution in [-0.4, -0.2) is 39.8 Å². The molecule has 0 aromatic heterocycles. The molecular weight excluding hydrogens is 446 g/mol. The minimum absolute atomic E-state index is 0.0169. The molecule has 1 aliphatic carbocycles. The smallest absolute Gasteiger partial charge is 0.465 e. The molecular formula is C25H22BF3NO4-. The molecule has 4 rings (SSSR count). The molecule has 0 saturated heterocycles. The fourth-order valence-corrected chi connectivity index (χ4v) is 4.43. The number of amides is 1. The van der Waals surface area contributed by atoms with Gasteiger partial charge in [-0.05, 0) is 35.2 Å². The van der Waals surface area contributed by atoms with Crippen LogP contribution in [0.25, 0.3) is 11.1 Å². The van der Waals surface area contributed by atoms with Crippen molar-refractivity contribution < 1.29 is 32.0 Å². The number of hydrogen-bond acceptors (Lipinski definition) is 4. The van der Waals surface area contributed by atoms with Crippen molar-refractivity contribution in [1.29, 1.82) is 0 Å². The Hall–Kier alpha value is -3.75. The van der Waals surface area contributed by atoms with Crippen LogP contribution in [0, 0.1) is 6.92 Å². The van der Waals surface area contributed by atoms with Crippen LogP contribution in [0.5, 0.6) is 0 Å². The van der Waals surface area contributed by atoms with Crippen molar-refractivity contribution in [3.8, 4) is 11.1 Å². The summed E-state index contributed by atoms with van der Waals surface area (Å²) in [7, 11) is 2.39. The van der Waals surface area contributed by atoms with Crippen molar-refractivity contribution in [1.82, 2.24) is 0 Å². The lowest BCUT2D eigenvalue weighted by atomic mass is 9.75. The van der Waals surface area contributed by atoms with Crippen LogP contribution >= 0.6 is 0 Å². The van der Waals surface area contributed by atoms with E-state index >= 15 is 0 Å². The van der Waals surface area contributed by atoms with Crippen molar-refractivity contribution in [3.05, 3.63) is 82.9 Å². The fraction of sp³-hybridized carbons (Fsp3) is 0.200. The molecule has 0 unspecified atom stereocenters. The second kappa shape index (κ2) is 8.89. The number of nitrogens with zero attached hydrogens (tertiary/aromatic N) is 1. The SMILES string of the molecule is COC(=O)c1cc(N(C)C(=O)OCC2c3ccccc3-c3ccccc32)c(C)c([B-](F)(F)F)c1. The van der Waals surface area contributed by atoms with Gasteiger partial charge in [-0.3, -0.25) is 4.90 Å². The standard InChI is InChI=1S/C25H22BF3NO4/c1-15-22(26(27,28)29)12-16(24(31)33-3)13-23(15)30(2)25(32)34-14-21-19-10-6-4-8-17(19)18-9-5-7-11-20(18)21/h4-13,21H,14H2,1-3H3/q-1. The maximum absolute atomic E-state index is 13.7. The lowest BCUT2D eigenvalue weighted by Crippen LogP contribution is -2.39. The molecule has 0 radical (unpaired) electrons. The minimum atomic E-state index is -5.42. The first-order valence-electron chi connectivity index (χ1n) is 10.6. The lowest BCUT2D eigenvalue weighted by Gasteiger charge is -2.26. The molecule has 1 aliphatic rings. The van der Waals surface area contributed by atoms with Gasteiger partial charge in [0, 0.05) is 18.7 Å². The summed E-state index contributed by atoms with van der Waals surface area (Å²) in [6.07, 6.45) is -0.826. The Labute approximate surface area is 195 Å². The van der Waals surface area contributed by atoms with Gasteiger partial charge >= 0.3 is 19.0 Å². The second-order valence-corrected chi connectivity index (χ2v) is 8.14. The van der Waals surface area contributed by atoms with E-state index in [1.165, 1.54) is 20.0 Å². The normalized spacial score (nSPS) is 12.6. The summed E-state index contributed by atoms with van der Waals surface area (Å²) in [6, 6.07) is 17.6. The number of carbonyl (C=O) groups is 2. The Morgan fingerprint density at radius 2 is 1.53 bits per heavy atom. The number of esters is 1. The molecule has 9 heteroatoms. The lowest BCUT2D eigenvalue weighted by molar-refractivity contribution is 0.0600. The van der Waals surface area contributed by atoms with E-state index in [0.717, 1.165) is 40.3 Å². The first kappa shape index (κ1) is 23.4. The van der Waals surface area contributed by atoms with E-state index in [0.29, 0.717) is 0 Å². The Morgan fingerprint density at radius 1 is 0.971 bits per heavy atom. The zero-order chi connectivity index (χ0) is 24.6. The zero-order valence-corrected chi connectivity index (χ0v) is 18.8. The number of benzene rings is 3. The number of rotatable bonds is 5. The largest absolute Gasteiger partial charge is 0.509 e. The van der Waals surface area contributed by atoms with E-state index in [2.05, 4.69) is 4.74 Å². The number of fused-ring (bicyclic) bond motifs is 3. The number of carbonyl (C=O) groups excluding carboxylic acids is 2. The molecule has 0 aliphatic heterocycles. The van der Waals surface area contributed by atoms with Gasteiger partial charge in [-0.15, -0.1) is 5.46 Å². The molecule has 34 heavy (non-hydrogen) atoms. The summed E-state index contributed by atoms with van der Waals surface area (Å²) < 4.78 is 51.1. The third-order valence-corrected chi connectivity index (χ3v) is 6.17. The van der Waals surface area contributed by atoms with Gasteiger partial charge < -0.3 is 22.4 Å². The van der Waals surface area contributed by atoms with Crippen LogP contribution < -0.4 is 10.4 Å². The maximum atomic E-state index is 13.7. The monoisotopic (exact) mass is 468 g/mol. The third kappa shape index (κ3) is 4.13. The Kier molecular flexibility index (Phi) is 6.12. The highest BCUT2D eigenvalue weighted by atomic mass is 19.4. The van der Waals surface area contributed by atoms with Crippen molar-refractivity contribution in [2.24, 2.45) is 0 Å². The van der Waals surface area contributed by atoms with Crippen LogP contribution in [0.15, 0.2) is 60.7 Å². The molecule has 0 bridgehead atoms.